The molecule has 110 valence electrons. The average Bonchev–Trinajstić information content (AvgIpc) is 2.57. The Bertz CT molecular complexity index is 544. The van der Waals surface area contributed by atoms with E-state index in [1.165, 1.54) is 37.7 Å². The van der Waals surface area contributed by atoms with E-state index in [0.717, 1.165) is 5.69 Å². The molecule has 3 rings (SSSR count). The maximum Gasteiger partial charge on any atom is 0.0570 e. The molecular weight excluding hydrogens is 256 g/mol. The van der Waals surface area contributed by atoms with Crippen LogP contribution in [0, 0.1) is 0 Å². The van der Waals surface area contributed by atoms with Gasteiger partial charge in [-0.25, -0.2) is 0 Å². The first-order valence-electron chi connectivity index (χ1n) is 8.04. The summed E-state index contributed by atoms with van der Waals surface area (Å²) in [5, 5.41) is 3.90. The minimum absolute atomic E-state index is 0.108. The van der Waals surface area contributed by atoms with Gasteiger partial charge in [-0.1, -0.05) is 55.7 Å². The van der Waals surface area contributed by atoms with Gasteiger partial charge in [0.1, 0.15) is 0 Å². The molecule has 0 bridgehead atoms. The Morgan fingerprint density at radius 2 is 1.67 bits per heavy atom. The van der Waals surface area contributed by atoms with Crippen molar-refractivity contribution < 1.29 is 0 Å². The van der Waals surface area contributed by atoms with Gasteiger partial charge in [0.25, 0.3) is 0 Å². The summed E-state index contributed by atoms with van der Waals surface area (Å²) in [7, 11) is 0. The second kappa shape index (κ2) is 6.40. The van der Waals surface area contributed by atoms with Crippen LogP contribution in [0.25, 0.3) is 0 Å². The molecule has 1 atom stereocenters. The van der Waals surface area contributed by atoms with Crippen LogP contribution in [-0.4, -0.2) is 4.98 Å². The summed E-state index contributed by atoms with van der Waals surface area (Å²) in [5.74, 6) is 0. The van der Waals surface area contributed by atoms with Crippen molar-refractivity contribution in [1.82, 2.24) is 10.3 Å². The molecule has 1 heterocycles. The Morgan fingerprint density at radius 3 is 2.33 bits per heavy atom. The van der Waals surface area contributed by atoms with Crippen molar-refractivity contribution in [2.75, 3.05) is 0 Å². The van der Waals surface area contributed by atoms with E-state index in [1.54, 1.807) is 0 Å². The highest BCUT2D eigenvalue weighted by molar-refractivity contribution is 5.26. The standard InChI is InChI=1S/C19H24N2/c1-16(18-12-6-9-15-20-18)21-19(13-7-3-8-14-19)17-10-4-2-5-11-17/h2,4-6,9-12,15-16,21H,3,7-8,13-14H2,1H3/t16-/m1/s1. The maximum absolute atomic E-state index is 4.51. The van der Waals surface area contributed by atoms with Gasteiger partial charge in [-0.3, -0.25) is 10.3 Å². The monoisotopic (exact) mass is 280 g/mol. The zero-order chi connectivity index (χ0) is 14.5. The van der Waals surface area contributed by atoms with Crippen LogP contribution < -0.4 is 5.32 Å². The summed E-state index contributed by atoms with van der Waals surface area (Å²) in [6.45, 7) is 2.22. The fraction of sp³-hybridized carbons (Fsp3) is 0.421. The molecule has 1 aromatic heterocycles. The quantitative estimate of drug-likeness (QED) is 0.886. The van der Waals surface area contributed by atoms with Crippen LogP contribution in [0.15, 0.2) is 54.7 Å². The number of pyridine rings is 1. The fourth-order valence-corrected chi connectivity index (χ4v) is 3.55. The summed E-state index contributed by atoms with van der Waals surface area (Å²) in [5.41, 5.74) is 2.65. The van der Waals surface area contributed by atoms with Gasteiger partial charge in [-0.05, 0) is 37.5 Å². The number of nitrogens with zero attached hydrogens (tertiary/aromatic N) is 1. The van der Waals surface area contributed by atoms with Crippen molar-refractivity contribution in [3.05, 3.63) is 66.0 Å². The lowest BCUT2D eigenvalue weighted by molar-refractivity contribution is 0.211. The van der Waals surface area contributed by atoms with Crippen LogP contribution in [0.5, 0.6) is 0 Å². The third kappa shape index (κ3) is 3.16. The topological polar surface area (TPSA) is 24.9 Å². The highest BCUT2D eigenvalue weighted by atomic mass is 15.0. The minimum Gasteiger partial charge on any atom is -0.299 e. The average molecular weight is 280 g/mol. The third-order valence-corrected chi connectivity index (χ3v) is 4.66. The number of aromatic nitrogens is 1. The van der Waals surface area contributed by atoms with Crippen molar-refractivity contribution >= 4 is 0 Å². The van der Waals surface area contributed by atoms with Crippen LogP contribution in [0.4, 0.5) is 0 Å². The number of rotatable bonds is 4. The van der Waals surface area contributed by atoms with Crippen LogP contribution in [0.2, 0.25) is 0 Å². The molecule has 1 aromatic carbocycles. The molecule has 2 heteroatoms. The Hall–Kier alpha value is -1.67. The number of nitrogens with one attached hydrogen (secondary N) is 1. The van der Waals surface area contributed by atoms with Crippen LogP contribution >= 0.6 is 0 Å². The molecule has 21 heavy (non-hydrogen) atoms. The zero-order valence-corrected chi connectivity index (χ0v) is 12.8. The van der Waals surface area contributed by atoms with Crippen molar-refractivity contribution in [1.29, 1.82) is 0 Å². The van der Waals surface area contributed by atoms with E-state index in [4.69, 9.17) is 0 Å². The molecule has 0 saturated heterocycles. The summed E-state index contributed by atoms with van der Waals surface area (Å²) in [4.78, 5) is 4.51. The molecule has 0 unspecified atom stereocenters. The Labute approximate surface area is 127 Å². The van der Waals surface area contributed by atoms with Crippen molar-refractivity contribution in [3.63, 3.8) is 0 Å². The minimum atomic E-state index is 0.108. The largest absolute Gasteiger partial charge is 0.299 e. The summed E-state index contributed by atoms with van der Waals surface area (Å²) in [6, 6.07) is 17.4. The fourth-order valence-electron chi connectivity index (χ4n) is 3.55. The Morgan fingerprint density at radius 1 is 0.952 bits per heavy atom. The van der Waals surface area contributed by atoms with Gasteiger partial charge in [0.15, 0.2) is 0 Å². The van der Waals surface area contributed by atoms with Crippen molar-refractivity contribution in [2.45, 2.75) is 50.6 Å². The van der Waals surface area contributed by atoms with Gasteiger partial charge in [0.2, 0.25) is 0 Å². The lowest BCUT2D eigenvalue weighted by atomic mass is 9.76. The SMILES string of the molecule is C[C@@H](NC1(c2ccccc2)CCCCC1)c1ccccn1. The van der Waals surface area contributed by atoms with Gasteiger partial charge in [0.05, 0.1) is 5.69 Å². The first-order chi connectivity index (χ1) is 10.3. The van der Waals surface area contributed by atoms with E-state index in [1.807, 2.05) is 12.3 Å². The highest BCUT2D eigenvalue weighted by Crippen LogP contribution is 2.38. The van der Waals surface area contributed by atoms with Crippen LogP contribution in [0.1, 0.15) is 56.3 Å². The molecule has 1 aliphatic carbocycles. The van der Waals surface area contributed by atoms with Gasteiger partial charge in [-0.15, -0.1) is 0 Å². The predicted octanol–water partition coefficient (Wildman–Crippen LogP) is 4.59. The Balaban J connectivity index is 1.86. The van der Waals surface area contributed by atoms with Crippen molar-refractivity contribution in [3.8, 4) is 0 Å². The molecular formula is C19H24N2. The van der Waals surface area contributed by atoms with E-state index >= 15 is 0 Å². The first kappa shape index (κ1) is 14.3. The number of hydrogen-bond acceptors (Lipinski definition) is 2. The second-order valence-electron chi connectivity index (χ2n) is 6.13. The van der Waals surface area contributed by atoms with Gasteiger partial charge >= 0.3 is 0 Å². The van der Waals surface area contributed by atoms with Crippen LogP contribution in [-0.2, 0) is 5.54 Å². The number of hydrogen-bond donors (Lipinski definition) is 1. The highest BCUT2D eigenvalue weighted by Gasteiger charge is 2.34. The summed E-state index contributed by atoms with van der Waals surface area (Å²) < 4.78 is 0. The lowest BCUT2D eigenvalue weighted by Crippen LogP contribution is -2.45. The maximum atomic E-state index is 4.51. The number of benzene rings is 1. The second-order valence-corrected chi connectivity index (χ2v) is 6.13. The summed E-state index contributed by atoms with van der Waals surface area (Å²) in [6.07, 6.45) is 8.27. The van der Waals surface area contributed by atoms with Crippen LogP contribution in [0.3, 0.4) is 0 Å². The van der Waals surface area contributed by atoms with E-state index in [-0.39, 0.29) is 11.6 Å². The van der Waals surface area contributed by atoms with E-state index in [9.17, 15) is 0 Å². The summed E-state index contributed by atoms with van der Waals surface area (Å²) >= 11 is 0. The van der Waals surface area contributed by atoms with Gasteiger partial charge in [0, 0.05) is 17.8 Å². The molecule has 0 spiro atoms. The van der Waals surface area contributed by atoms with Gasteiger partial charge < -0.3 is 0 Å². The molecule has 0 radical (unpaired) electrons. The molecule has 2 aromatic rings. The molecule has 1 N–H and O–H groups in total. The van der Waals surface area contributed by atoms with E-state index < -0.39 is 0 Å². The molecule has 0 amide bonds. The predicted molar refractivity (Wildman–Crippen MR) is 87.0 cm³/mol. The third-order valence-electron chi connectivity index (χ3n) is 4.66. The molecule has 1 aliphatic rings. The van der Waals surface area contributed by atoms with E-state index in [0.29, 0.717) is 0 Å². The molecule has 1 fully saturated rings. The van der Waals surface area contributed by atoms with Crippen molar-refractivity contribution in [2.24, 2.45) is 0 Å². The van der Waals surface area contributed by atoms with Gasteiger partial charge in [-0.2, -0.15) is 0 Å². The van der Waals surface area contributed by atoms with E-state index in [2.05, 4.69) is 59.7 Å². The zero-order valence-electron chi connectivity index (χ0n) is 12.8. The smallest absolute Gasteiger partial charge is 0.0570 e. The molecule has 1 saturated carbocycles. The molecule has 0 aliphatic heterocycles. The molecule has 2 nitrogen and oxygen atoms in total. The first-order valence-corrected chi connectivity index (χ1v) is 8.04. The Kier molecular flexibility index (Phi) is 4.35. The lowest BCUT2D eigenvalue weighted by Gasteiger charge is -2.41. The normalized spacial score (nSPS) is 19.1.